The van der Waals surface area contributed by atoms with Gasteiger partial charge in [-0.1, -0.05) is 32.0 Å². The zero-order chi connectivity index (χ0) is 17.0. The molecule has 0 radical (unpaired) electrons. The minimum Gasteiger partial charge on any atom is -0.504 e. The number of hydrazone groups is 1. The number of phenols is 2. The molecule has 0 heterocycles. The van der Waals surface area contributed by atoms with Crippen LogP contribution in [0.1, 0.15) is 30.9 Å². The Bertz CT molecular complexity index is 812. The van der Waals surface area contributed by atoms with Crippen LogP contribution in [0.15, 0.2) is 52.5 Å². The highest BCUT2D eigenvalue weighted by atomic mass is 32.2. The lowest BCUT2D eigenvalue weighted by atomic mass is 10.0. The third-order valence-electron chi connectivity index (χ3n) is 3.28. The van der Waals surface area contributed by atoms with E-state index < -0.39 is 10.0 Å². The third-order valence-corrected chi connectivity index (χ3v) is 4.52. The maximum Gasteiger partial charge on any atom is 0.276 e. The van der Waals surface area contributed by atoms with Crippen molar-refractivity contribution in [1.29, 1.82) is 0 Å². The van der Waals surface area contributed by atoms with Crippen molar-refractivity contribution >= 4 is 16.2 Å². The molecule has 0 aliphatic heterocycles. The number of hydrogen-bond donors (Lipinski definition) is 3. The van der Waals surface area contributed by atoms with Gasteiger partial charge in [0, 0.05) is 5.56 Å². The Balaban J connectivity index is 2.15. The zero-order valence-corrected chi connectivity index (χ0v) is 13.6. The van der Waals surface area contributed by atoms with Gasteiger partial charge in [-0.3, -0.25) is 0 Å². The second kappa shape index (κ2) is 6.70. The van der Waals surface area contributed by atoms with Crippen molar-refractivity contribution in [3.8, 4) is 11.5 Å². The average Bonchev–Trinajstić information content (AvgIpc) is 2.51. The van der Waals surface area contributed by atoms with Crippen LogP contribution in [0.4, 0.5) is 0 Å². The van der Waals surface area contributed by atoms with Crippen molar-refractivity contribution in [2.45, 2.75) is 24.7 Å². The summed E-state index contributed by atoms with van der Waals surface area (Å²) in [5.41, 5.74) is 1.24. The maximum atomic E-state index is 12.1. The summed E-state index contributed by atoms with van der Waals surface area (Å²) in [5, 5.41) is 22.6. The molecule has 0 bridgehead atoms. The first-order valence-corrected chi connectivity index (χ1v) is 8.45. The molecule has 0 saturated heterocycles. The summed E-state index contributed by atoms with van der Waals surface area (Å²) in [6.45, 7) is 4.04. The molecule has 0 unspecified atom stereocenters. The van der Waals surface area contributed by atoms with Gasteiger partial charge in [0.25, 0.3) is 10.0 Å². The lowest BCUT2D eigenvalue weighted by Crippen LogP contribution is -2.18. The summed E-state index contributed by atoms with van der Waals surface area (Å²) in [6.07, 6.45) is 1.12. The number of phenolic OH excluding ortho intramolecular Hbond substituents is 2. The smallest absolute Gasteiger partial charge is 0.276 e. The molecular formula is C16H18N2O4S. The maximum absolute atomic E-state index is 12.1. The van der Waals surface area contributed by atoms with Crippen LogP contribution in [0.25, 0.3) is 0 Å². The highest BCUT2D eigenvalue weighted by molar-refractivity contribution is 7.89. The van der Waals surface area contributed by atoms with Crippen molar-refractivity contribution in [1.82, 2.24) is 4.83 Å². The topological polar surface area (TPSA) is 99.0 Å². The van der Waals surface area contributed by atoms with Gasteiger partial charge in [-0.2, -0.15) is 13.5 Å². The first-order valence-electron chi connectivity index (χ1n) is 6.97. The van der Waals surface area contributed by atoms with Gasteiger partial charge in [0.15, 0.2) is 11.5 Å². The lowest BCUT2D eigenvalue weighted by molar-refractivity contribution is 0.403. The quantitative estimate of drug-likeness (QED) is 0.444. The van der Waals surface area contributed by atoms with E-state index in [4.69, 9.17) is 0 Å². The van der Waals surface area contributed by atoms with Gasteiger partial charge in [0.1, 0.15) is 0 Å². The van der Waals surface area contributed by atoms with E-state index >= 15 is 0 Å². The largest absolute Gasteiger partial charge is 0.504 e. The Kier molecular flexibility index (Phi) is 4.90. The SMILES string of the molecule is CC(C)c1ccc(S(=O)(=O)NN=Cc2cccc(O)c2O)cc1. The monoisotopic (exact) mass is 334 g/mol. The van der Waals surface area contributed by atoms with Crippen molar-refractivity contribution in [3.05, 3.63) is 53.6 Å². The van der Waals surface area contributed by atoms with Crippen LogP contribution in [0.5, 0.6) is 11.5 Å². The average molecular weight is 334 g/mol. The Morgan fingerprint density at radius 3 is 2.35 bits per heavy atom. The van der Waals surface area contributed by atoms with Gasteiger partial charge in [-0.15, -0.1) is 0 Å². The fraction of sp³-hybridized carbons (Fsp3) is 0.188. The van der Waals surface area contributed by atoms with Gasteiger partial charge in [-0.25, -0.2) is 4.83 Å². The molecule has 0 atom stereocenters. The Labute approximate surface area is 135 Å². The standard InChI is InChI=1S/C16H18N2O4S/c1-11(2)12-6-8-14(9-7-12)23(21,22)18-17-10-13-4-3-5-15(19)16(13)20/h3-11,18-20H,1-2H3. The molecular weight excluding hydrogens is 316 g/mol. The van der Waals surface area contributed by atoms with E-state index in [9.17, 15) is 18.6 Å². The molecule has 3 N–H and O–H groups in total. The van der Waals surface area contributed by atoms with E-state index in [1.807, 2.05) is 13.8 Å². The second-order valence-electron chi connectivity index (χ2n) is 5.29. The molecule has 0 fully saturated rings. The summed E-state index contributed by atoms with van der Waals surface area (Å²) in [7, 11) is -3.79. The molecule has 0 spiro atoms. The summed E-state index contributed by atoms with van der Waals surface area (Å²) in [6, 6.07) is 10.8. The van der Waals surface area contributed by atoms with Gasteiger partial charge < -0.3 is 10.2 Å². The summed E-state index contributed by atoms with van der Waals surface area (Å²) in [5.74, 6) is -0.357. The van der Waals surface area contributed by atoms with Gasteiger partial charge in [0.2, 0.25) is 0 Å². The van der Waals surface area contributed by atoms with Gasteiger partial charge >= 0.3 is 0 Å². The first kappa shape index (κ1) is 16.8. The highest BCUT2D eigenvalue weighted by Gasteiger charge is 2.13. The Morgan fingerprint density at radius 1 is 1.09 bits per heavy atom. The number of para-hydroxylation sites is 1. The number of aromatic hydroxyl groups is 2. The number of rotatable bonds is 5. The normalized spacial score (nSPS) is 12.0. The fourth-order valence-corrected chi connectivity index (χ4v) is 2.69. The molecule has 23 heavy (non-hydrogen) atoms. The molecule has 6 nitrogen and oxygen atoms in total. The molecule has 2 rings (SSSR count). The predicted molar refractivity (Wildman–Crippen MR) is 88.2 cm³/mol. The predicted octanol–water partition coefficient (Wildman–Crippen LogP) is 2.53. The zero-order valence-electron chi connectivity index (χ0n) is 12.8. The van der Waals surface area contributed by atoms with Crippen molar-refractivity contribution in [3.63, 3.8) is 0 Å². The van der Waals surface area contributed by atoms with Crippen LogP contribution in [0, 0.1) is 0 Å². The Hall–Kier alpha value is -2.54. The molecule has 2 aromatic rings. The molecule has 0 aliphatic rings. The molecule has 7 heteroatoms. The number of sulfonamides is 1. The van der Waals surface area contributed by atoms with Gasteiger partial charge in [-0.05, 0) is 35.7 Å². The van der Waals surface area contributed by atoms with Crippen LogP contribution in [-0.2, 0) is 10.0 Å². The minimum absolute atomic E-state index is 0.0965. The second-order valence-corrected chi connectivity index (χ2v) is 6.95. The van der Waals surface area contributed by atoms with E-state index in [2.05, 4.69) is 9.93 Å². The van der Waals surface area contributed by atoms with E-state index in [0.717, 1.165) is 11.8 Å². The summed E-state index contributed by atoms with van der Waals surface area (Å²) < 4.78 is 24.2. The molecule has 0 amide bonds. The van der Waals surface area contributed by atoms with Crippen LogP contribution < -0.4 is 4.83 Å². The molecule has 0 aromatic heterocycles. The molecule has 0 aliphatic carbocycles. The number of benzene rings is 2. The van der Waals surface area contributed by atoms with E-state index in [1.54, 1.807) is 12.1 Å². The van der Waals surface area contributed by atoms with Crippen molar-refractivity contribution in [2.24, 2.45) is 5.10 Å². The van der Waals surface area contributed by atoms with E-state index in [0.29, 0.717) is 5.92 Å². The molecule has 122 valence electrons. The minimum atomic E-state index is -3.79. The fourth-order valence-electron chi connectivity index (χ4n) is 1.90. The lowest BCUT2D eigenvalue weighted by Gasteiger charge is -2.07. The molecule has 0 saturated carbocycles. The number of nitrogens with zero attached hydrogens (tertiary/aromatic N) is 1. The Morgan fingerprint density at radius 2 is 1.74 bits per heavy atom. The van der Waals surface area contributed by atoms with E-state index in [1.165, 1.54) is 30.3 Å². The van der Waals surface area contributed by atoms with Gasteiger partial charge in [0.05, 0.1) is 11.1 Å². The number of nitrogens with one attached hydrogen (secondary N) is 1. The van der Waals surface area contributed by atoms with Crippen LogP contribution >= 0.6 is 0 Å². The summed E-state index contributed by atoms with van der Waals surface area (Å²) >= 11 is 0. The highest BCUT2D eigenvalue weighted by Crippen LogP contribution is 2.26. The van der Waals surface area contributed by atoms with Crippen LogP contribution in [0.3, 0.4) is 0 Å². The van der Waals surface area contributed by atoms with Crippen LogP contribution in [0.2, 0.25) is 0 Å². The third kappa shape index (κ3) is 4.01. The number of hydrogen-bond acceptors (Lipinski definition) is 5. The van der Waals surface area contributed by atoms with Crippen molar-refractivity contribution < 1.29 is 18.6 Å². The summed E-state index contributed by atoms with van der Waals surface area (Å²) in [4.78, 5) is 2.16. The van der Waals surface area contributed by atoms with Crippen molar-refractivity contribution in [2.75, 3.05) is 0 Å². The van der Waals surface area contributed by atoms with E-state index in [-0.39, 0.29) is 22.0 Å². The van der Waals surface area contributed by atoms with Crippen LogP contribution in [-0.4, -0.2) is 24.8 Å². The molecule has 2 aromatic carbocycles. The first-order chi connectivity index (χ1) is 10.8.